The second-order valence-electron chi connectivity index (χ2n) is 8.21. The zero-order valence-corrected chi connectivity index (χ0v) is 18.2. The smallest absolute Gasteiger partial charge is 0.227 e. The van der Waals surface area contributed by atoms with Crippen LogP contribution in [0.2, 0.25) is 0 Å². The Morgan fingerprint density at radius 1 is 1.06 bits per heavy atom. The van der Waals surface area contributed by atoms with Crippen molar-refractivity contribution in [3.8, 4) is 0 Å². The van der Waals surface area contributed by atoms with Crippen LogP contribution in [0.25, 0.3) is 10.2 Å². The van der Waals surface area contributed by atoms with Gasteiger partial charge >= 0.3 is 0 Å². The molecule has 1 atom stereocenters. The average Bonchev–Trinajstić information content (AvgIpc) is 3.43. The summed E-state index contributed by atoms with van der Waals surface area (Å²) in [5, 5.41) is 7.64. The van der Waals surface area contributed by atoms with Gasteiger partial charge in [0, 0.05) is 28.4 Å². The number of benzene rings is 2. The molecule has 0 saturated carbocycles. The number of amides is 1. The maximum absolute atomic E-state index is 12.8. The van der Waals surface area contributed by atoms with Gasteiger partial charge in [0.1, 0.15) is 17.0 Å². The highest BCUT2D eigenvalue weighted by atomic mass is 32.1. The van der Waals surface area contributed by atoms with Crippen molar-refractivity contribution >= 4 is 50.9 Å². The molecule has 158 valence electrons. The third kappa shape index (κ3) is 3.44. The molecule has 2 aromatic carbocycles. The molecular formula is C25H21N5OS. The van der Waals surface area contributed by atoms with Gasteiger partial charge < -0.3 is 10.6 Å². The number of aryl methyl sites for hydroxylation is 1. The van der Waals surface area contributed by atoms with Gasteiger partial charge in [-0.15, -0.1) is 11.3 Å². The van der Waals surface area contributed by atoms with Crippen molar-refractivity contribution in [2.75, 3.05) is 10.6 Å². The highest BCUT2D eigenvalue weighted by Gasteiger charge is 2.29. The van der Waals surface area contributed by atoms with Crippen LogP contribution in [0.15, 0.2) is 59.9 Å². The number of carbonyl (C=O) groups is 1. The number of hydrogen-bond acceptors (Lipinski definition) is 6. The van der Waals surface area contributed by atoms with Gasteiger partial charge in [-0.25, -0.2) is 9.97 Å². The second-order valence-corrected chi connectivity index (χ2v) is 9.29. The van der Waals surface area contributed by atoms with Crippen molar-refractivity contribution in [1.29, 1.82) is 0 Å². The first kappa shape index (κ1) is 19.1. The number of para-hydroxylation sites is 1. The molecule has 4 aromatic rings. The number of anilines is 3. The number of thiophene rings is 1. The summed E-state index contributed by atoms with van der Waals surface area (Å²) >= 11 is 1.68. The first-order valence-electron chi connectivity index (χ1n) is 10.8. The molecule has 0 saturated heterocycles. The lowest BCUT2D eigenvalue weighted by molar-refractivity contribution is -0.120. The Kier molecular flexibility index (Phi) is 4.69. The van der Waals surface area contributed by atoms with E-state index < -0.39 is 0 Å². The quantitative estimate of drug-likeness (QED) is 0.463. The summed E-state index contributed by atoms with van der Waals surface area (Å²) in [7, 11) is 0. The molecule has 2 aromatic heterocycles. The largest absolute Gasteiger partial charge is 0.340 e. The lowest BCUT2D eigenvalue weighted by Crippen LogP contribution is -2.27. The summed E-state index contributed by atoms with van der Waals surface area (Å²) in [6.07, 6.45) is 5.94. The Morgan fingerprint density at radius 3 is 2.88 bits per heavy atom. The van der Waals surface area contributed by atoms with E-state index in [4.69, 9.17) is 0 Å². The van der Waals surface area contributed by atoms with Crippen LogP contribution < -0.4 is 10.6 Å². The minimum absolute atomic E-state index is 0.0314. The van der Waals surface area contributed by atoms with Crippen molar-refractivity contribution in [1.82, 2.24) is 9.97 Å². The minimum atomic E-state index is -0.0314. The molecule has 2 aliphatic rings. The Hall–Kier alpha value is -3.58. The van der Waals surface area contributed by atoms with Gasteiger partial charge in [0.25, 0.3) is 0 Å². The van der Waals surface area contributed by atoms with Crippen LogP contribution in [0.1, 0.15) is 28.0 Å². The summed E-state index contributed by atoms with van der Waals surface area (Å²) in [5.41, 5.74) is 5.51. The number of carbonyl (C=O) groups excluding carboxylic acids is 1. The van der Waals surface area contributed by atoms with Crippen LogP contribution in [0.3, 0.4) is 0 Å². The van der Waals surface area contributed by atoms with Gasteiger partial charge in [0.05, 0.1) is 11.9 Å². The molecule has 1 amide bonds. The zero-order valence-electron chi connectivity index (χ0n) is 17.3. The SMILES string of the molecule is O=C(Nc1ccccc1)C1CCc2c(sc3ncnc(Nc4ccc5c(c4)C=NC5)c23)C1. The fraction of sp³-hybridized carbons (Fsp3) is 0.200. The van der Waals surface area contributed by atoms with Gasteiger partial charge in [-0.3, -0.25) is 9.79 Å². The number of nitrogens with one attached hydrogen (secondary N) is 2. The highest BCUT2D eigenvalue weighted by molar-refractivity contribution is 7.19. The normalized spacial score (nSPS) is 16.6. The number of hydrogen-bond donors (Lipinski definition) is 2. The summed E-state index contributed by atoms with van der Waals surface area (Å²) in [5.74, 6) is 0.884. The van der Waals surface area contributed by atoms with Crippen LogP contribution in [0.4, 0.5) is 17.2 Å². The molecule has 7 heteroatoms. The Bertz CT molecular complexity index is 1360. The summed E-state index contributed by atoms with van der Waals surface area (Å²) in [6.45, 7) is 0.754. The molecule has 0 bridgehead atoms. The molecular weight excluding hydrogens is 418 g/mol. The molecule has 32 heavy (non-hydrogen) atoms. The summed E-state index contributed by atoms with van der Waals surface area (Å²) in [4.78, 5) is 28.5. The summed E-state index contributed by atoms with van der Waals surface area (Å²) in [6, 6.07) is 16.0. The predicted molar refractivity (Wildman–Crippen MR) is 129 cm³/mol. The first-order valence-corrected chi connectivity index (χ1v) is 11.6. The summed E-state index contributed by atoms with van der Waals surface area (Å²) < 4.78 is 0. The van der Waals surface area contributed by atoms with E-state index in [2.05, 4.69) is 43.8 Å². The lowest BCUT2D eigenvalue weighted by Gasteiger charge is -2.22. The second kappa shape index (κ2) is 7.84. The topological polar surface area (TPSA) is 79.3 Å². The number of rotatable bonds is 4. The Morgan fingerprint density at radius 2 is 1.97 bits per heavy atom. The average molecular weight is 440 g/mol. The monoisotopic (exact) mass is 439 g/mol. The van der Waals surface area contributed by atoms with Crippen LogP contribution in [-0.4, -0.2) is 22.1 Å². The van der Waals surface area contributed by atoms with Gasteiger partial charge in [-0.05, 0) is 60.2 Å². The van der Waals surface area contributed by atoms with Crippen LogP contribution in [-0.2, 0) is 24.2 Å². The molecule has 0 fully saturated rings. The Labute approximate surface area is 189 Å². The fourth-order valence-electron chi connectivity index (χ4n) is 4.51. The first-order chi connectivity index (χ1) is 15.7. The standard InChI is InChI=1S/C25H21N5OS/c31-24(30-18-4-2-1-3-5-18)15-7-9-20-21(11-15)32-25-22(20)23(27-14-28-25)29-19-8-6-16-12-26-13-17(16)10-19/h1-6,8,10,13-15H,7,9,11-12H2,(H,30,31)(H,27,28,29). The number of aromatic nitrogens is 2. The van der Waals surface area contributed by atoms with Crippen LogP contribution in [0.5, 0.6) is 0 Å². The fourth-order valence-corrected chi connectivity index (χ4v) is 5.78. The predicted octanol–water partition coefficient (Wildman–Crippen LogP) is 5.11. The van der Waals surface area contributed by atoms with E-state index in [1.165, 1.54) is 16.0 Å². The Balaban J connectivity index is 1.27. The third-order valence-corrected chi connectivity index (χ3v) is 7.32. The number of nitrogens with zero attached hydrogens (tertiary/aromatic N) is 3. The van der Waals surface area contributed by atoms with Crippen molar-refractivity contribution in [3.05, 3.63) is 76.4 Å². The molecule has 0 radical (unpaired) electrons. The van der Waals surface area contributed by atoms with Gasteiger partial charge in [0.2, 0.25) is 5.91 Å². The van der Waals surface area contributed by atoms with Crippen molar-refractivity contribution < 1.29 is 4.79 Å². The van der Waals surface area contributed by atoms with E-state index in [1.54, 1.807) is 17.7 Å². The molecule has 6 rings (SSSR count). The minimum Gasteiger partial charge on any atom is -0.340 e. The van der Waals surface area contributed by atoms with Gasteiger partial charge in [0.15, 0.2) is 0 Å². The third-order valence-electron chi connectivity index (χ3n) is 6.16. The van der Waals surface area contributed by atoms with Crippen molar-refractivity contribution in [2.24, 2.45) is 10.9 Å². The van der Waals surface area contributed by atoms with Crippen molar-refractivity contribution in [2.45, 2.75) is 25.8 Å². The van der Waals surface area contributed by atoms with E-state index in [0.717, 1.165) is 58.8 Å². The van der Waals surface area contributed by atoms with E-state index in [-0.39, 0.29) is 11.8 Å². The van der Waals surface area contributed by atoms with Crippen molar-refractivity contribution in [3.63, 3.8) is 0 Å². The van der Waals surface area contributed by atoms with E-state index >= 15 is 0 Å². The molecule has 1 unspecified atom stereocenters. The van der Waals surface area contributed by atoms with E-state index in [0.29, 0.717) is 0 Å². The number of aliphatic imine (C=N–C) groups is 1. The zero-order chi connectivity index (χ0) is 21.5. The maximum Gasteiger partial charge on any atom is 0.227 e. The van der Waals surface area contributed by atoms with Crippen LogP contribution >= 0.6 is 11.3 Å². The molecule has 6 nitrogen and oxygen atoms in total. The maximum atomic E-state index is 12.8. The lowest BCUT2D eigenvalue weighted by atomic mass is 9.87. The number of fused-ring (bicyclic) bond motifs is 4. The van der Waals surface area contributed by atoms with Crippen LogP contribution in [0, 0.1) is 5.92 Å². The van der Waals surface area contributed by atoms with E-state index in [9.17, 15) is 4.79 Å². The highest BCUT2D eigenvalue weighted by Crippen LogP contribution is 2.40. The van der Waals surface area contributed by atoms with Gasteiger partial charge in [-0.1, -0.05) is 24.3 Å². The molecule has 3 heterocycles. The molecule has 1 aliphatic carbocycles. The molecule has 1 aliphatic heterocycles. The van der Waals surface area contributed by atoms with Gasteiger partial charge in [-0.2, -0.15) is 0 Å². The molecule has 0 spiro atoms. The molecule has 2 N–H and O–H groups in total. The van der Waals surface area contributed by atoms with E-state index in [1.807, 2.05) is 36.5 Å².